The highest BCUT2D eigenvalue weighted by Crippen LogP contribution is 2.30. The van der Waals surface area contributed by atoms with Crippen molar-refractivity contribution in [3.63, 3.8) is 0 Å². The van der Waals surface area contributed by atoms with Crippen LogP contribution in [0.1, 0.15) is 18.4 Å². The minimum atomic E-state index is -4.70. The first-order valence-electron chi connectivity index (χ1n) is 8.31. The van der Waals surface area contributed by atoms with E-state index in [0.717, 1.165) is 36.4 Å². The lowest BCUT2D eigenvalue weighted by molar-refractivity contribution is -0.387. The largest absolute Gasteiger partial charge is 0.416 e. The van der Waals surface area contributed by atoms with E-state index in [-0.39, 0.29) is 25.1 Å². The lowest BCUT2D eigenvalue weighted by Crippen LogP contribution is -2.26. The molecule has 8 nitrogen and oxygen atoms in total. The molecule has 0 aliphatic rings. The maximum atomic E-state index is 13.3. The summed E-state index contributed by atoms with van der Waals surface area (Å²) in [6, 6.07) is 5.98. The number of sulfonamides is 1. The first-order chi connectivity index (χ1) is 13.9. The van der Waals surface area contributed by atoms with Crippen molar-refractivity contribution in [3.8, 4) is 0 Å². The van der Waals surface area contributed by atoms with Gasteiger partial charge in [0.1, 0.15) is 0 Å². The summed E-state index contributed by atoms with van der Waals surface area (Å²) < 4.78 is 77.7. The van der Waals surface area contributed by atoms with Crippen LogP contribution in [0.3, 0.4) is 0 Å². The topological polar surface area (TPSA) is 118 Å². The van der Waals surface area contributed by atoms with Gasteiger partial charge < -0.3 is 5.32 Å². The van der Waals surface area contributed by atoms with Gasteiger partial charge in [-0.2, -0.15) is 17.6 Å². The van der Waals surface area contributed by atoms with E-state index in [2.05, 4.69) is 10.0 Å². The van der Waals surface area contributed by atoms with E-state index in [9.17, 15) is 40.9 Å². The summed E-state index contributed by atoms with van der Waals surface area (Å²) >= 11 is 0. The average molecular weight is 449 g/mol. The Labute approximate surface area is 168 Å². The number of rotatable bonds is 8. The first kappa shape index (κ1) is 23.2. The summed E-state index contributed by atoms with van der Waals surface area (Å²) in [6.07, 6.45) is -4.90. The van der Waals surface area contributed by atoms with Crippen molar-refractivity contribution in [2.75, 3.05) is 11.9 Å². The summed E-state index contributed by atoms with van der Waals surface area (Å²) in [6.45, 7) is -0.241. The molecule has 0 bridgehead atoms. The second-order valence-corrected chi connectivity index (χ2v) is 7.77. The highest BCUT2D eigenvalue weighted by atomic mass is 32.2. The van der Waals surface area contributed by atoms with Crippen molar-refractivity contribution in [1.29, 1.82) is 0 Å². The molecule has 2 aromatic carbocycles. The number of alkyl halides is 3. The maximum absolute atomic E-state index is 13.3. The van der Waals surface area contributed by atoms with Crippen molar-refractivity contribution in [2.45, 2.75) is 23.9 Å². The van der Waals surface area contributed by atoms with Crippen LogP contribution in [0.25, 0.3) is 0 Å². The Morgan fingerprint density at radius 2 is 1.83 bits per heavy atom. The van der Waals surface area contributed by atoms with Crippen LogP contribution in [-0.2, 0) is 21.0 Å². The van der Waals surface area contributed by atoms with Crippen molar-refractivity contribution >= 4 is 27.3 Å². The molecule has 13 heteroatoms. The van der Waals surface area contributed by atoms with Gasteiger partial charge in [0, 0.05) is 24.7 Å². The predicted molar refractivity (Wildman–Crippen MR) is 97.6 cm³/mol. The van der Waals surface area contributed by atoms with Gasteiger partial charge >= 0.3 is 11.9 Å². The van der Waals surface area contributed by atoms with Crippen LogP contribution in [0, 0.1) is 15.9 Å². The number of nitro benzene ring substituents is 1. The van der Waals surface area contributed by atoms with Gasteiger partial charge in [-0.1, -0.05) is 6.07 Å². The Hall–Kier alpha value is -3.06. The molecular weight excluding hydrogens is 434 g/mol. The molecule has 0 fully saturated rings. The SMILES string of the molecule is O=C(CCCNS(=O)(=O)c1cccc(C(F)(F)F)c1)Nc1ccc(F)c([N+](=O)[O-])c1. The zero-order chi connectivity index (χ0) is 22.5. The normalized spacial score (nSPS) is 11.9. The summed E-state index contributed by atoms with van der Waals surface area (Å²) in [5.41, 5.74) is -1.95. The number of hydrogen-bond donors (Lipinski definition) is 2. The fourth-order valence-corrected chi connectivity index (χ4v) is 3.45. The van der Waals surface area contributed by atoms with Crippen LogP contribution in [0.15, 0.2) is 47.4 Å². The number of benzene rings is 2. The molecule has 0 heterocycles. The van der Waals surface area contributed by atoms with Gasteiger partial charge in [0.25, 0.3) is 0 Å². The quantitative estimate of drug-likeness (QED) is 0.277. The van der Waals surface area contributed by atoms with Crippen LogP contribution in [0.4, 0.5) is 28.9 Å². The molecule has 0 aliphatic carbocycles. The Bertz CT molecular complexity index is 1060. The molecule has 0 saturated heterocycles. The third-order valence-corrected chi connectivity index (χ3v) is 5.23. The van der Waals surface area contributed by atoms with E-state index in [1.807, 2.05) is 0 Å². The van der Waals surface area contributed by atoms with Crippen LogP contribution < -0.4 is 10.0 Å². The zero-order valence-electron chi connectivity index (χ0n) is 15.1. The number of anilines is 1. The highest BCUT2D eigenvalue weighted by molar-refractivity contribution is 7.89. The molecule has 0 saturated carbocycles. The second-order valence-electron chi connectivity index (χ2n) is 6.00. The Kier molecular flexibility index (Phi) is 7.10. The van der Waals surface area contributed by atoms with E-state index >= 15 is 0 Å². The van der Waals surface area contributed by atoms with Crippen LogP contribution in [0.2, 0.25) is 0 Å². The van der Waals surface area contributed by atoms with Crippen LogP contribution >= 0.6 is 0 Å². The summed E-state index contributed by atoms with van der Waals surface area (Å²) in [7, 11) is -4.22. The lowest BCUT2D eigenvalue weighted by atomic mass is 10.2. The third-order valence-electron chi connectivity index (χ3n) is 3.77. The minimum absolute atomic E-state index is 0.00663. The molecule has 162 valence electrons. The van der Waals surface area contributed by atoms with Gasteiger partial charge in [-0.05, 0) is 36.8 Å². The third kappa shape index (κ3) is 6.22. The fraction of sp³-hybridized carbons (Fsp3) is 0.235. The smallest absolute Gasteiger partial charge is 0.326 e. The molecule has 2 rings (SSSR count). The standard InChI is InChI=1S/C17H15F4N3O5S/c18-14-7-6-12(10-15(14)24(26)27)23-16(25)5-2-8-22-30(28,29)13-4-1-3-11(9-13)17(19,20)21/h1,3-4,6-7,9-10,22H,2,5,8H2,(H,23,25). The van der Waals surface area contributed by atoms with Crippen LogP contribution in [0.5, 0.6) is 0 Å². The number of nitrogens with zero attached hydrogens (tertiary/aromatic N) is 1. The highest BCUT2D eigenvalue weighted by Gasteiger charge is 2.31. The molecule has 0 radical (unpaired) electrons. The number of hydrogen-bond acceptors (Lipinski definition) is 5. The first-order valence-corrected chi connectivity index (χ1v) is 9.79. The number of amides is 1. The van der Waals surface area contributed by atoms with Crippen molar-refractivity contribution in [2.24, 2.45) is 0 Å². The zero-order valence-corrected chi connectivity index (χ0v) is 15.9. The number of nitro groups is 1. The Balaban J connectivity index is 1.89. The van der Waals surface area contributed by atoms with Crippen molar-refractivity contribution in [3.05, 3.63) is 64.0 Å². The monoisotopic (exact) mass is 449 g/mol. The maximum Gasteiger partial charge on any atom is 0.416 e. The molecular formula is C17H15F4N3O5S. The Morgan fingerprint density at radius 3 is 2.47 bits per heavy atom. The number of carbonyl (C=O) groups is 1. The van der Waals surface area contributed by atoms with Gasteiger partial charge in [-0.25, -0.2) is 13.1 Å². The molecule has 1 amide bonds. The van der Waals surface area contributed by atoms with E-state index < -0.39 is 49.0 Å². The second kappa shape index (κ2) is 9.17. The summed E-state index contributed by atoms with van der Waals surface area (Å²) in [5.74, 6) is -1.68. The molecule has 2 N–H and O–H groups in total. The van der Waals surface area contributed by atoms with E-state index in [0.29, 0.717) is 6.07 Å². The minimum Gasteiger partial charge on any atom is -0.326 e. The van der Waals surface area contributed by atoms with Gasteiger partial charge in [-0.15, -0.1) is 0 Å². The predicted octanol–water partition coefficient (Wildman–Crippen LogP) is 3.45. The number of halogens is 4. The number of carbonyl (C=O) groups excluding carboxylic acids is 1. The molecule has 0 atom stereocenters. The van der Waals surface area contributed by atoms with Crippen LogP contribution in [-0.4, -0.2) is 25.8 Å². The molecule has 0 aromatic heterocycles. The molecule has 30 heavy (non-hydrogen) atoms. The van der Waals surface area contributed by atoms with Crippen molar-refractivity contribution in [1.82, 2.24) is 4.72 Å². The average Bonchev–Trinajstić information content (AvgIpc) is 2.66. The lowest BCUT2D eigenvalue weighted by Gasteiger charge is -2.10. The number of nitrogens with one attached hydrogen (secondary N) is 2. The van der Waals surface area contributed by atoms with Gasteiger partial charge in [0.2, 0.25) is 21.7 Å². The van der Waals surface area contributed by atoms with E-state index in [1.165, 1.54) is 0 Å². The van der Waals surface area contributed by atoms with E-state index in [4.69, 9.17) is 0 Å². The van der Waals surface area contributed by atoms with Gasteiger partial charge in [0.05, 0.1) is 15.4 Å². The van der Waals surface area contributed by atoms with Gasteiger partial charge in [0.15, 0.2) is 0 Å². The summed E-state index contributed by atoms with van der Waals surface area (Å²) in [4.78, 5) is 21.0. The fourth-order valence-electron chi connectivity index (χ4n) is 2.33. The molecule has 0 spiro atoms. The molecule has 2 aromatic rings. The summed E-state index contributed by atoms with van der Waals surface area (Å²) in [5, 5.41) is 13.0. The van der Waals surface area contributed by atoms with Crippen molar-refractivity contribution < 1.29 is 35.7 Å². The Morgan fingerprint density at radius 1 is 1.13 bits per heavy atom. The van der Waals surface area contributed by atoms with E-state index in [1.54, 1.807) is 0 Å². The molecule has 0 aliphatic heterocycles. The van der Waals surface area contributed by atoms with Gasteiger partial charge in [-0.3, -0.25) is 14.9 Å². The molecule has 0 unspecified atom stereocenters.